The highest BCUT2D eigenvalue weighted by Gasteiger charge is 2.45. The molecule has 0 aliphatic heterocycles. The van der Waals surface area contributed by atoms with Crippen LogP contribution >= 0.6 is 0 Å². The third-order valence-corrected chi connectivity index (χ3v) is 5.10. The van der Waals surface area contributed by atoms with Crippen molar-refractivity contribution in [3.8, 4) is 0 Å². The summed E-state index contributed by atoms with van der Waals surface area (Å²) in [7, 11) is 0. The Balaban J connectivity index is 2.98. The Kier molecular flexibility index (Phi) is 2.81. The molecule has 0 N–H and O–H groups in total. The van der Waals surface area contributed by atoms with E-state index >= 15 is 0 Å². The van der Waals surface area contributed by atoms with Gasteiger partial charge in [0.1, 0.15) is 0 Å². The first-order chi connectivity index (χ1) is 5.80. The minimum absolute atomic E-state index is 0.406. The molecule has 0 nitrogen and oxygen atoms in total. The normalized spacial score (nSPS) is 34.2. The average Bonchev–Trinajstić information content (AvgIpc) is 2.06. The van der Waals surface area contributed by atoms with E-state index in [0.29, 0.717) is 10.8 Å². The molecule has 77 valence electrons. The quantitative estimate of drug-likeness (QED) is 0.484. The summed E-state index contributed by atoms with van der Waals surface area (Å²) in [4.78, 5) is 0. The second-order valence-electron chi connectivity index (χ2n) is 5.92. The molecular formula is C13H25. The third kappa shape index (κ3) is 1.65. The van der Waals surface area contributed by atoms with Gasteiger partial charge >= 0.3 is 0 Å². The Morgan fingerprint density at radius 1 is 1.15 bits per heavy atom. The zero-order valence-corrected chi connectivity index (χ0v) is 10.2. The molecule has 0 heterocycles. The molecule has 0 bridgehead atoms. The molecule has 0 amide bonds. The van der Waals surface area contributed by atoms with Crippen molar-refractivity contribution < 1.29 is 0 Å². The Hall–Kier alpha value is 0. The summed E-state index contributed by atoms with van der Waals surface area (Å²) in [6.45, 7) is 14.5. The second-order valence-corrected chi connectivity index (χ2v) is 5.92. The van der Waals surface area contributed by atoms with Gasteiger partial charge in [0.15, 0.2) is 0 Å². The molecule has 1 aliphatic carbocycles. The van der Waals surface area contributed by atoms with Crippen LogP contribution in [0.4, 0.5) is 0 Å². The van der Waals surface area contributed by atoms with Gasteiger partial charge in [-0.1, -0.05) is 54.4 Å². The van der Waals surface area contributed by atoms with E-state index in [1.165, 1.54) is 19.3 Å². The molecule has 13 heavy (non-hydrogen) atoms. The SMILES string of the molecule is C[C]1CCCC(C)C(C)(C)C1(C)C. The van der Waals surface area contributed by atoms with Crippen LogP contribution in [0.25, 0.3) is 0 Å². The van der Waals surface area contributed by atoms with Gasteiger partial charge in [-0.25, -0.2) is 0 Å². The van der Waals surface area contributed by atoms with Gasteiger partial charge in [-0.05, 0) is 29.1 Å². The maximum absolute atomic E-state index is 2.44. The molecule has 1 atom stereocenters. The van der Waals surface area contributed by atoms with Crippen molar-refractivity contribution in [3.05, 3.63) is 5.92 Å². The van der Waals surface area contributed by atoms with Gasteiger partial charge in [0, 0.05) is 0 Å². The van der Waals surface area contributed by atoms with Crippen LogP contribution in [0.5, 0.6) is 0 Å². The smallest absolute Gasteiger partial charge is 0.0210 e. The van der Waals surface area contributed by atoms with E-state index in [1.807, 2.05) is 0 Å². The van der Waals surface area contributed by atoms with Crippen molar-refractivity contribution in [2.75, 3.05) is 0 Å². The molecule has 0 heteroatoms. The highest BCUT2D eigenvalue weighted by atomic mass is 14.5. The second kappa shape index (κ2) is 3.29. The highest BCUT2D eigenvalue weighted by Crippen LogP contribution is 2.54. The fourth-order valence-corrected chi connectivity index (χ4v) is 2.51. The van der Waals surface area contributed by atoms with Crippen LogP contribution in [0, 0.1) is 22.7 Å². The van der Waals surface area contributed by atoms with Crippen molar-refractivity contribution in [1.29, 1.82) is 0 Å². The van der Waals surface area contributed by atoms with Crippen molar-refractivity contribution in [1.82, 2.24) is 0 Å². The topological polar surface area (TPSA) is 0 Å². The van der Waals surface area contributed by atoms with Crippen LogP contribution in [-0.4, -0.2) is 0 Å². The lowest BCUT2D eigenvalue weighted by molar-refractivity contribution is 0.0673. The maximum atomic E-state index is 2.44. The third-order valence-electron chi connectivity index (χ3n) is 5.10. The van der Waals surface area contributed by atoms with Crippen molar-refractivity contribution in [3.63, 3.8) is 0 Å². The van der Waals surface area contributed by atoms with E-state index in [1.54, 1.807) is 5.92 Å². The number of hydrogen-bond acceptors (Lipinski definition) is 0. The minimum Gasteiger partial charge on any atom is -0.0620 e. The van der Waals surface area contributed by atoms with E-state index in [2.05, 4.69) is 41.5 Å². The first-order valence-corrected chi connectivity index (χ1v) is 5.63. The van der Waals surface area contributed by atoms with Crippen LogP contribution in [0.3, 0.4) is 0 Å². The molecule has 0 aromatic carbocycles. The fourth-order valence-electron chi connectivity index (χ4n) is 2.51. The molecule has 1 saturated carbocycles. The standard InChI is InChI=1S/C13H25/c1-10-8-7-9-11(2)13(5,6)12(10,3)4/h10H,7-9H2,1-6H3. The van der Waals surface area contributed by atoms with Crippen LogP contribution < -0.4 is 0 Å². The first-order valence-electron chi connectivity index (χ1n) is 5.63. The Morgan fingerprint density at radius 2 is 1.69 bits per heavy atom. The van der Waals surface area contributed by atoms with Gasteiger partial charge in [0.05, 0.1) is 0 Å². The van der Waals surface area contributed by atoms with Crippen molar-refractivity contribution in [2.24, 2.45) is 16.7 Å². The van der Waals surface area contributed by atoms with Gasteiger partial charge < -0.3 is 0 Å². The average molecular weight is 181 g/mol. The lowest BCUT2D eigenvalue weighted by Gasteiger charge is -2.47. The zero-order chi connectivity index (χ0) is 10.3. The summed E-state index contributed by atoms with van der Waals surface area (Å²) >= 11 is 0. The summed E-state index contributed by atoms with van der Waals surface area (Å²) in [5.41, 5.74) is 0.858. The Morgan fingerprint density at radius 3 is 2.23 bits per heavy atom. The molecule has 1 unspecified atom stereocenters. The summed E-state index contributed by atoms with van der Waals surface area (Å²) in [6.07, 6.45) is 4.12. The molecule has 0 saturated heterocycles. The van der Waals surface area contributed by atoms with Gasteiger partial charge in [-0.2, -0.15) is 0 Å². The van der Waals surface area contributed by atoms with E-state index in [4.69, 9.17) is 0 Å². The summed E-state index contributed by atoms with van der Waals surface area (Å²) < 4.78 is 0. The largest absolute Gasteiger partial charge is 0.0620 e. The predicted octanol–water partition coefficient (Wildman–Crippen LogP) is 4.45. The number of hydrogen-bond donors (Lipinski definition) is 0. The monoisotopic (exact) mass is 181 g/mol. The maximum Gasteiger partial charge on any atom is -0.0210 e. The predicted molar refractivity (Wildman–Crippen MR) is 59.5 cm³/mol. The molecular weight excluding hydrogens is 156 g/mol. The van der Waals surface area contributed by atoms with Gasteiger partial charge in [0.2, 0.25) is 0 Å². The molecule has 1 radical (unpaired) electrons. The lowest BCUT2D eigenvalue weighted by atomic mass is 9.57. The van der Waals surface area contributed by atoms with Gasteiger partial charge in [0.25, 0.3) is 0 Å². The van der Waals surface area contributed by atoms with Crippen molar-refractivity contribution in [2.45, 2.75) is 60.8 Å². The molecule has 1 aliphatic rings. The number of rotatable bonds is 0. The van der Waals surface area contributed by atoms with E-state index < -0.39 is 0 Å². The fraction of sp³-hybridized carbons (Fsp3) is 0.923. The molecule has 1 fully saturated rings. The minimum atomic E-state index is 0.406. The van der Waals surface area contributed by atoms with Gasteiger partial charge in [-0.3, -0.25) is 0 Å². The van der Waals surface area contributed by atoms with Crippen LogP contribution in [0.2, 0.25) is 0 Å². The Labute approximate surface area is 84.1 Å². The van der Waals surface area contributed by atoms with E-state index in [9.17, 15) is 0 Å². The highest BCUT2D eigenvalue weighted by molar-refractivity contribution is 5.09. The molecule has 0 aromatic heterocycles. The lowest BCUT2D eigenvalue weighted by Crippen LogP contribution is -2.39. The first kappa shape index (κ1) is 11.1. The van der Waals surface area contributed by atoms with E-state index in [0.717, 1.165) is 5.92 Å². The van der Waals surface area contributed by atoms with Crippen LogP contribution in [-0.2, 0) is 0 Å². The molecule has 0 spiro atoms. The Bertz CT molecular complexity index is 156. The zero-order valence-electron chi connectivity index (χ0n) is 10.2. The van der Waals surface area contributed by atoms with Crippen LogP contribution in [0.1, 0.15) is 60.8 Å². The van der Waals surface area contributed by atoms with Crippen LogP contribution in [0.15, 0.2) is 0 Å². The van der Waals surface area contributed by atoms with Gasteiger partial charge in [-0.15, -0.1) is 0 Å². The van der Waals surface area contributed by atoms with E-state index in [-0.39, 0.29) is 0 Å². The van der Waals surface area contributed by atoms with Crippen molar-refractivity contribution >= 4 is 0 Å². The molecule has 0 aromatic rings. The summed E-state index contributed by atoms with van der Waals surface area (Å²) in [5.74, 6) is 2.54. The molecule has 1 rings (SSSR count). The summed E-state index contributed by atoms with van der Waals surface area (Å²) in [6, 6.07) is 0. The summed E-state index contributed by atoms with van der Waals surface area (Å²) in [5, 5.41) is 0.